The molecular formula is C29H31ClFN5O5. The van der Waals surface area contributed by atoms with Crippen LogP contribution in [0, 0.1) is 5.82 Å². The number of hydrogen-bond donors (Lipinski definition) is 2. The van der Waals surface area contributed by atoms with Crippen molar-refractivity contribution in [3.63, 3.8) is 0 Å². The van der Waals surface area contributed by atoms with Crippen molar-refractivity contribution in [2.75, 3.05) is 43.5 Å². The molecule has 2 N–H and O–H groups in total. The zero-order valence-corrected chi connectivity index (χ0v) is 23.5. The Balaban J connectivity index is 1.38. The van der Waals surface area contributed by atoms with Crippen molar-refractivity contribution in [1.29, 1.82) is 0 Å². The van der Waals surface area contributed by atoms with E-state index in [2.05, 4.69) is 20.6 Å². The van der Waals surface area contributed by atoms with Crippen LogP contribution in [0.5, 0.6) is 5.75 Å². The van der Waals surface area contributed by atoms with Gasteiger partial charge in [0.2, 0.25) is 5.91 Å². The van der Waals surface area contributed by atoms with E-state index >= 15 is 0 Å². The molecule has 5 rings (SSSR count). The maximum Gasteiger partial charge on any atom is 0.320 e. The van der Waals surface area contributed by atoms with Gasteiger partial charge in [0.05, 0.1) is 34.4 Å². The number of benzene rings is 2. The van der Waals surface area contributed by atoms with E-state index in [1.54, 1.807) is 24.3 Å². The topological polar surface area (TPSA) is 115 Å². The van der Waals surface area contributed by atoms with Crippen molar-refractivity contribution in [2.45, 2.75) is 38.3 Å². The number of fused-ring (bicyclic) bond motifs is 1. The van der Waals surface area contributed by atoms with Crippen LogP contribution in [0.2, 0.25) is 5.02 Å². The first-order chi connectivity index (χ1) is 19.7. The van der Waals surface area contributed by atoms with Crippen LogP contribution in [-0.2, 0) is 19.1 Å². The molecular weight excluding hydrogens is 553 g/mol. The lowest BCUT2D eigenvalue weighted by molar-refractivity contribution is -0.159. The summed E-state index contributed by atoms with van der Waals surface area (Å²) in [5, 5.41) is 6.61. The first-order valence-corrected chi connectivity index (χ1v) is 13.7. The van der Waals surface area contributed by atoms with Gasteiger partial charge in [-0.1, -0.05) is 17.7 Å². The molecule has 216 valence electrons. The molecule has 2 aliphatic heterocycles. The van der Waals surface area contributed by atoms with Crippen LogP contribution in [0.1, 0.15) is 26.7 Å². The molecule has 0 spiro atoms. The average molecular weight is 584 g/mol. The highest BCUT2D eigenvalue weighted by Gasteiger charge is 2.34. The molecule has 2 fully saturated rings. The highest BCUT2D eigenvalue weighted by Crippen LogP contribution is 2.34. The van der Waals surface area contributed by atoms with Crippen molar-refractivity contribution < 1.29 is 28.2 Å². The number of anilines is 3. The minimum absolute atomic E-state index is 0.0252. The van der Waals surface area contributed by atoms with E-state index < -0.39 is 5.82 Å². The second-order valence-corrected chi connectivity index (χ2v) is 10.9. The molecule has 0 aliphatic carbocycles. The Hall–Kier alpha value is -3.80. The Morgan fingerprint density at radius 2 is 2.15 bits per heavy atom. The van der Waals surface area contributed by atoms with Crippen molar-refractivity contribution in [2.24, 2.45) is 0 Å². The van der Waals surface area contributed by atoms with Crippen molar-refractivity contribution in [3.05, 3.63) is 59.7 Å². The minimum atomic E-state index is -0.528. The van der Waals surface area contributed by atoms with E-state index in [-0.39, 0.29) is 41.7 Å². The molecule has 0 bridgehead atoms. The van der Waals surface area contributed by atoms with Gasteiger partial charge in [0.15, 0.2) is 0 Å². The van der Waals surface area contributed by atoms with E-state index in [4.69, 9.17) is 25.8 Å². The Kier molecular flexibility index (Phi) is 8.67. The highest BCUT2D eigenvalue weighted by atomic mass is 35.5. The van der Waals surface area contributed by atoms with Crippen LogP contribution < -0.4 is 15.4 Å². The third kappa shape index (κ3) is 7.10. The Bertz CT molecular complexity index is 1480. The average Bonchev–Trinajstić information content (AvgIpc) is 3.46. The number of cyclic esters (lactones) is 1. The lowest BCUT2D eigenvalue weighted by Gasteiger charge is -2.40. The number of morpholine rings is 1. The number of carbonyl (C=O) groups is 2. The summed E-state index contributed by atoms with van der Waals surface area (Å²) in [4.78, 5) is 35.4. The fourth-order valence-corrected chi connectivity index (χ4v) is 4.79. The fourth-order valence-electron chi connectivity index (χ4n) is 4.61. The predicted octanol–water partition coefficient (Wildman–Crippen LogP) is 4.86. The van der Waals surface area contributed by atoms with Crippen LogP contribution in [0.4, 0.5) is 21.6 Å². The number of rotatable bonds is 9. The number of aromatic nitrogens is 2. The van der Waals surface area contributed by atoms with Gasteiger partial charge in [-0.05, 0) is 51.0 Å². The van der Waals surface area contributed by atoms with Crippen LogP contribution in [0.25, 0.3) is 10.9 Å². The number of esters is 1. The molecule has 0 saturated carbocycles. The number of amides is 1. The number of ether oxygens (including phenoxy) is 3. The Morgan fingerprint density at radius 1 is 1.29 bits per heavy atom. The summed E-state index contributed by atoms with van der Waals surface area (Å²) in [7, 11) is 0. The molecule has 2 aliphatic rings. The number of carbonyl (C=O) groups excluding carboxylic acids is 2. The van der Waals surface area contributed by atoms with Crippen molar-refractivity contribution in [1.82, 2.24) is 14.9 Å². The SMILES string of the molecule is CC1(C)COC(=O)CN1CC=CC(=O)Nc1cc2c(Nc3ccc(F)c(Cl)c3)ncnc2cc1OC[C@@H]1CCCO1. The van der Waals surface area contributed by atoms with Gasteiger partial charge in [-0.2, -0.15) is 0 Å². The van der Waals surface area contributed by atoms with Gasteiger partial charge in [0.25, 0.3) is 0 Å². The third-order valence-electron chi connectivity index (χ3n) is 6.98. The van der Waals surface area contributed by atoms with Crippen molar-refractivity contribution >= 4 is 51.6 Å². The summed E-state index contributed by atoms with van der Waals surface area (Å²) in [6.07, 6.45) is 6.37. The predicted molar refractivity (Wildman–Crippen MR) is 153 cm³/mol. The van der Waals surface area contributed by atoms with Crippen LogP contribution in [-0.4, -0.2) is 71.3 Å². The molecule has 0 unspecified atom stereocenters. The summed E-state index contributed by atoms with van der Waals surface area (Å²) in [5.74, 6) is -0.321. The second kappa shape index (κ2) is 12.4. The van der Waals surface area contributed by atoms with E-state index in [1.807, 2.05) is 18.7 Å². The summed E-state index contributed by atoms with van der Waals surface area (Å²) >= 11 is 5.95. The number of nitrogens with zero attached hydrogens (tertiary/aromatic N) is 3. The van der Waals surface area contributed by atoms with Gasteiger partial charge >= 0.3 is 5.97 Å². The quantitative estimate of drug-likeness (QED) is 0.269. The summed E-state index contributed by atoms with van der Waals surface area (Å²) in [6, 6.07) is 7.72. The highest BCUT2D eigenvalue weighted by molar-refractivity contribution is 6.31. The lowest BCUT2D eigenvalue weighted by Crippen LogP contribution is -2.54. The van der Waals surface area contributed by atoms with Gasteiger partial charge < -0.3 is 24.8 Å². The minimum Gasteiger partial charge on any atom is -0.489 e. The second-order valence-electron chi connectivity index (χ2n) is 10.5. The van der Waals surface area contributed by atoms with Crippen LogP contribution in [0.3, 0.4) is 0 Å². The first-order valence-electron chi connectivity index (χ1n) is 13.3. The molecule has 1 aromatic heterocycles. The normalized spacial score (nSPS) is 18.9. The molecule has 3 heterocycles. The summed E-state index contributed by atoms with van der Waals surface area (Å²) in [5.41, 5.74) is 1.19. The molecule has 1 atom stereocenters. The third-order valence-corrected chi connectivity index (χ3v) is 7.27. The lowest BCUT2D eigenvalue weighted by atomic mass is 10.0. The Labute approximate surface area is 241 Å². The van der Waals surface area contributed by atoms with Gasteiger partial charge in [0.1, 0.15) is 36.9 Å². The van der Waals surface area contributed by atoms with Gasteiger partial charge in [-0.3, -0.25) is 14.5 Å². The molecule has 12 heteroatoms. The van der Waals surface area contributed by atoms with Gasteiger partial charge in [0, 0.05) is 36.4 Å². The monoisotopic (exact) mass is 583 g/mol. The molecule has 2 aromatic carbocycles. The smallest absolute Gasteiger partial charge is 0.320 e. The molecule has 10 nitrogen and oxygen atoms in total. The van der Waals surface area contributed by atoms with Crippen LogP contribution in [0.15, 0.2) is 48.8 Å². The molecule has 2 saturated heterocycles. The summed E-state index contributed by atoms with van der Waals surface area (Å²) in [6.45, 7) is 5.83. The number of hydrogen-bond acceptors (Lipinski definition) is 9. The standard InChI is InChI=1S/C29H31ClFN5O5/c1-29(2)16-41-27(38)14-36(29)9-3-6-26(37)35-24-12-20-23(13-25(24)40-15-19-5-4-10-39-19)32-17-33-28(20)34-18-7-8-22(31)21(30)11-18/h3,6-8,11-13,17,19H,4-5,9-10,14-16H2,1-2H3,(H,35,37)(H,32,33,34)/t19-/m0/s1. The van der Waals surface area contributed by atoms with E-state index in [9.17, 15) is 14.0 Å². The zero-order chi connectivity index (χ0) is 29.0. The van der Waals surface area contributed by atoms with E-state index in [0.29, 0.717) is 53.6 Å². The molecule has 1 amide bonds. The number of nitrogens with one attached hydrogen (secondary N) is 2. The first kappa shape index (κ1) is 28.7. The van der Waals surface area contributed by atoms with Gasteiger partial charge in [-0.25, -0.2) is 14.4 Å². The largest absolute Gasteiger partial charge is 0.489 e. The van der Waals surface area contributed by atoms with Crippen LogP contribution >= 0.6 is 11.6 Å². The van der Waals surface area contributed by atoms with Gasteiger partial charge in [-0.15, -0.1) is 0 Å². The van der Waals surface area contributed by atoms with Crippen molar-refractivity contribution in [3.8, 4) is 5.75 Å². The van der Waals surface area contributed by atoms with E-state index in [0.717, 1.165) is 12.8 Å². The summed E-state index contributed by atoms with van der Waals surface area (Å²) < 4.78 is 30.6. The number of halogens is 2. The maximum absolute atomic E-state index is 13.7. The molecule has 3 aromatic rings. The molecule has 41 heavy (non-hydrogen) atoms. The van der Waals surface area contributed by atoms with E-state index in [1.165, 1.54) is 24.5 Å². The molecule has 0 radical (unpaired) electrons. The zero-order valence-electron chi connectivity index (χ0n) is 22.8. The Morgan fingerprint density at radius 3 is 2.93 bits per heavy atom. The fraction of sp³-hybridized carbons (Fsp3) is 0.379. The maximum atomic E-state index is 13.7.